The zero-order chi connectivity index (χ0) is 15.1. The van der Waals surface area contributed by atoms with E-state index < -0.39 is 0 Å². The van der Waals surface area contributed by atoms with Crippen molar-refractivity contribution in [2.45, 2.75) is 24.8 Å². The third-order valence-corrected chi connectivity index (χ3v) is 4.29. The van der Waals surface area contributed by atoms with Crippen molar-refractivity contribution in [3.63, 3.8) is 0 Å². The van der Waals surface area contributed by atoms with Crippen molar-refractivity contribution in [3.05, 3.63) is 53.9 Å². The van der Waals surface area contributed by atoms with Crippen LogP contribution >= 0.6 is 11.8 Å². The monoisotopic (exact) mass is 302 g/mol. The summed E-state index contributed by atoms with van der Waals surface area (Å²) in [4.78, 5) is 5.56. The quantitative estimate of drug-likeness (QED) is 0.788. The Morgan fingerprint density at radius 1 is 1.29 bits per heavy atom. The Hall–Kier alpha value is -1.52. The van der Waals surface area contributed by atoms with Gasteiger partial charge in [-0.3, -0.25) is 4.98 Å². The third-order valence-electron chi connectivity index (χ3n) is 3.20. The van der Waals surface area contributed by atoms with E-state index in [1.807, 2.05) is 31.9 Å². The van der Waals surface area contributed by atoms with Crippen LogP contribution < -0.4 is 10.1 Å². The highest BCUT2D eigenvalue weighted by Crippen LogP contribution is 2.26. The van der Waals surface area contributed by atoms with E-state index in [0.29, 0.717) is 6.61 Å². The van der Waals surface area contributed by atoms with Crippen LogP contribution in [0.4, 0.5) is 0 Å². The molecule has 0 saturated heterocycles. The minimum absolute atomic E-state index is 0.253. The summed E-state index contributed by atoms with van der Waals surface area (Å²) in [5, 5.41) is 3.36. The van der Waals surface area contributed by atoms with Crippen molar-refractivity contribution >= 4 is 11.8 Å². The molecule has 1 unspecified atom stereocenters. The maximum absolute atomic E-state index is 5.52. The molecule has 0 bridgehead atoms. The molecular weight excluding hydrogens is 280 g/mol. The largest absolute Gasteiger partial charge is 0.492 e. The molecule has 0 aliphatic rings. The fourth-order valence-corrected chi connectivity index (χ4v) is 3.26. The second kappa shape index (κ2) is 8.05. The molecule has 0 fully saturated rings. The average molecular weight is 302 g/mol. The first-order chi connectivity index (χ1) is 10.2. The summed E-state index contributed by atoms with van der Waals surface area (Å²) in [6.07, 6.45) is 3.66. The topological polar surface area (TPSA) is 34.1 Å². The van der Waals surface area contributed by atoms with Crippen molar-refractivity contribution in [2.24, 2.45) is 0 Å². The van der Waals surface area contributed by atoms with E-state index in [9.17, 15) is 0 Å². The van der Waals surface area contributed by atoms with E-state index in [1.165, 1.54) is 10.5 Å². The van der Waals surface area contributed by atoms with Crippen molar-refractivity contribution in [1.82, 2.24) is 10.3 Å². The highest BCUT2D eigenvalue weighted by molar-refractivity contribution is 7.99. The van der Waals surface area contributed by atoms with E-state index in [2.05, 4.69) is 47.6 Å². The molecule has 112 valence electrons. The number of nitrogens with one attached hydrogen (secondary N) is 1. The van der Waals surface area contributed by atoms with E-state index in [-0.39, 0.29) is 6.04 Å². The molecule has 1 atom stereocenters. The highest BCUT2D eigenvalue weighted by atomic mass is 32.2. The Bertz CT molecular complexity index is 574. The van der Waals surface area contributed by atoms with Crippen molar-refractivity contribution in [1.29, 1.82) is 0 Å². The summed E-state index contributed by atoms with van der Waals surface area (Å²) in [5.41, 5.74) is 2.45. The molecule has 1 N–H and O–H groups in total. The Morgan fingerprint density at radius 3 is 2.86 bits per heavy atom. The number of benzene rings is 1. The smallest absolute Gasteiger partial charge is 0.137 e. The first-order valence-electron chi connectivity index (χ1n) is 7.17. The van der Waals surface area contributed by atoms with Crippen LogP contribution in [0.5, 0.6) is 5.75 Å². The van der Waals surface area contributed by atoms with Gasteiger partial charge in [-0.25, -0.2) is 0 Å². The second-order valence-corrected chi connectivity index (χ2v) is 5.95. The lowest BCUT2D eigenvalue weighted by atomic mass is 10.1. The zero-order valence-corrected chi connectivity index (χ0v) is 13.6. The number of hydrogen-bond donors (Lipinski definition) is 1. The van der Waals surface area contributed by atoms with Gasteiger partial charge in [-0.1, -0.05) is 17.7 Å². The van der Waals surface area contributed by atoms with Gasteiger partial charge < -0.3 is 10.1 Å². The van der Waals surface area contributed by atoms with Crippen LogP contribution in [-0.2, 0) is 0 Å². The summed E-state index contributed by atoms with van der Waals surface area (Å²) in [6.45, 7) is 4.76. The van der Waals surface area contributed by atoms with Crippen LogP contribution in [0.25, 0.3) is 0 Å². The van der Waals surface area contributed by atoms with E-state index in [4.69, 9.17) is 4.74 Å². The van der Waals surface area contributed by atoms with Gasteiger partial charge in [0.1, 0.15) is 5.75 Å². The molecule has 0 saturated carbocycles. The molecule has 4 heteroatoms. The number of thioether (sulfide) groups is 1. The summed E-state index contributed by atoms with van der Waals surface area (Å²) in [6, 6.07) is 10.9. The Balaban J connectivity index is 2.04. The minimum Gasteiger partial charge on any atom is -0.492 e. The molecule has 1 aromatic heterocycles. The fourth-order valence-electron chi connectivity index (χ4n) is 2.10. The predicted molar refractivity (Wildman–Crippen MR) is 89.1 cm³/mol. The predicted octanol–water partition coefficient (Wildman–Crippen LogP) is 3.84. The zero-order valence-electron chi connectivity index (χ0n) is 12.8. The summed E-state index contributed by atoms with van der Waals surface area (Å²) in [5.74, 6) is 1.79. The maximum atomic E-state index is 5.52. The average Bonchev–Trinajstić information content (AvgIpc) is 2.49. The van der Waals surface area contributed by atoms with Crippen molar-refractivity contribution in [3.8, 4) is 5.75 Å². The lowest BCUT2D eigenvalue weighted by Crippen LogP contribution is -2.19. The van der Waals surface area contributed by atoms with Gasteiger partial charge >= 0.3 is 0 Å². The number of ether oxygens (including phenoxy) is 1. The van der Waals surface area contributed by atoms with Crippen LogP contribution in [0.3, 0.4) is 0 Å². The number of aromatic nitrogens is 1. The maximum Gasteiger partial charge on any atom is 0.137 e. The molecule has 0 aliphatic heterocycles. The molecule has 0 amide bonds. The number of nitrogens with zero attached hydrogens (tertiary/aromatic N) is 1. The lowest BCUT2D eigenvalue weighted by Gasteiger charge is -2.17. The van der Waals surface area contributed by atoms with Gasteiger partial charge in [0, 0.05) is 22.9 Å². The van der Waals surface area contributed by atoms with Gasteiger partial charge in [0.25, 0.3) is 0 Å². The lowest BCUT2D eigenvalue weighted by molar-refractivity contribution is 0.338. The van der Waals surface area contributed by atoms with Gasteiger partial charge in [0.05, 0.1) is 12.8 Å². The van der Waals surface area contributed by atoms with E-state index in [0.717, 1.165) is 17.1 Å². The highest BCUT2D eigenvalue weighted by Gasteiger charge is 2.11. The van der Waals surface area contributed by atoms with Crippen LogP contribution in [0.2, 0.25) is 0 Å². The standard InChI is InChI=1S/C17H22N2OS/c1-4-20-15-9-14(10-19-11-15)17(18-3)12-21-16-7-5-6-13(2)8-16/h5-11,17-18H,4,12H2,1-3H3. The molecular formula is C17H22N2OS. The Labute approximate surface area is 131 Å². The van der Waals surface area contributed by atoms with Gasteiger partial charge in [-0.05, 0) is 44.7 Å². The molecule has 2 aromatic rings. The number of aryl methyl sites for hydroxylation is 1. The third kappa shape index (κ3) is 4.76. The molecule has 3 nitrogen and oxygen atoms in total. The molecule has 21 heavy (non-hydrogen) atoms. The number of pyridine rings is 1. The van der Waals surface area contributed by atoms with E-state index >= 15 is 0 Å². The van der Waals surface area contributed by atoms with Gasteiger partial charge in [-0.2, -0.15) is 0 Å². The number of rotatable bonds is 7. The molecule has 0 aliphatic carbocycles. The molecule has 0 radical (unpaired) electrons. The van der Waals surface area contributed by atoms with Crippen LogP contribution in [0.1, 0.15) is 24.1 Å². The Kier molecular flexibility index (Phi) is 6.08. The minimum atomic E-state index is 0.253. The van der Waals surface area contributed by atoms with Gasteiger partial charge in [0.2, 0.25) is 0 Å². The number of hydrogen-bond acceptors (Lipinski definition) is 4. The van der Waals surface area contributed by atoms with Gasteiger partial charge in [0.15, 0.2) is 0 Å². The fraction of sp³-hybridized carbons (Fsp3) is 0.353. The molecule has 0 spiro atoms. The summed E-state index contributed by atoms with van der Waals surface area (Å²) in [7, 11) is 1.98. The first-order valence-corrected chi connectivity index (χ1v) is 8.16. The van der Waals surface area contributed by atoms with Crippen LogP contribution in [-0.4, -0.2) is 24.4 Å². The van der Waals surface area contributed by atoms with Crippen molar-refractivity contribution in [2.75, 3.05) is 19.4 Å². The van der Waals surface area contributed by atoms with E-state index in [1.54, 1.807) is 6.20 Å². The normalized spacial score (nSPS) is 12.1. The first kappa shape index (κ1) is 15.9. The Morgan fingerprint density at radius 2 is 2.14 bits per heavy atom. The second-order valence-electron chi connectivity index (χ2n) is 4.86. The van der Waals surface area contributed by atoms with Crippen LogP contribution in [0, 0.1) is 6.92 Å². The molecule has 2 rings (SSSR count). The SMILES string of the molecule is CCOc1cncc(C(CSc2cccc(C)c2)NC)c1. The van der Waals surface area contributed by atoms with Crippen molar-refractivity contribution < 1.29 is 4.74 Å². The van der Waals surface area contributed by atoms with Crippen LogP contribution in [0.15, 0.2) is 47.6 Å². The summed E-state index contributed by atoms with van der Waals surface area (Å²) >= 11 is 1.85. The molecule has 1 aromatic carbocycles. The van der Waals surface area contributed by atoms with Gasteiger partial charge in [-0.15, -0.1) is 11.8 Å². The molecule has 1 heterocycles. The summed E-state index contributed by atoms with van der Waals surface area (Å²) < 4.78 is 5.52.